The zero-order valence-electron chi connectivity index (χ0n) is 19.3. The average molecular weight is 503 g/mol. The van der Waals surface area contributed by atoms with Gasteiger partial charge >= 0.3 is 5.97 Å². The van der Waals surface area contributed by atoms with E-state index in [-0.39, 0.29) is 41.7 Å². The van der Waals surface area contributed by atoms with Gasteiger partial charge in [0.2, 0.25) is 0 Å². The molecule has 11 heteroatoms. The van der Waals surface area contributed by atoms with Crippen LogP contribution in [-0.4, -0.2) is 54.4 Å². The lowest BCUT2D eigenvalue weighted by atomic mass is 10.1. The summed E-state index contributed by atoms with van der Waals surface area (Å²) < 4.78 is 52.8. The fourth-order valence-electron chi connectivity index (χ4n) is 3.15. The SMILES string of the molecule is COC(=O)c1cc(OCCO)c(Oc2cccc(OC)c2)c(N(c2ccc(OC)cc2)S(=O)[O-])c1. The van der Waals surface area contributed by atoms with E-state index in [9.17, 15) is 18.7 Å². The topological polar surface area (TPSA) is 127 Å². The lowest BCUT2D eigenvalue weighted by Crippen LogP contribution is -2.21. The third-order valence-corrected chi connectivity index (χ3v) is 5.45. The molecule has 0 amide bonds. The van der Waals surface area contributed by atoms with Crippen molar-refractivity contribution in [1.29, 1.82) is 0 Å². The summed E-state index contributed by atoms with van der Waals surface area (Å²) in [5, 5.41) is 9.30. The van der Waals surface area contributed by atoms with E-state index >= 15 is 0 Å². The molecule has 3 rings (SSSR count). The number of carbonyl (C=O) groups is 1. The second-order valence-corrected chi connectivity index (χ2v) is 7.68. The number of hydrogen-bond acceptors (Lipinski definition) is 9. The Morgan fingerprint density at radius 1 is 0.971 bits per heavy atom. The summed E-state index contributed by atoms with van der Waals surface area (Å²) in [6, 6.07) is 15.5. The number of benzene rings is 3. The molecular formula is C24H24NO9S-. The number of aliphatic hydroxyl groups excluding tert-OH is 1. The molecule has 186 valence electrons. The zero-order valence-corrected chi connectivity index (χ0v) is 20.1. The van der Waals surface area contributed by atoms with Crippen LogP contribution < -0.4 is 23.3 Å². The first-order chi connectivity index (χ1) is 16.9. The number of ether oxygens (including phenoxy) is 5. The van der Waals surface area contributed by atoms with Crippen molar-refractivity contribution in [2.24, 2.45) is 0 Å². The number of anilines is 2. The number of esters is 1. The van der Waals surface area contributed by atoms with Gasteiger partial charge in [0.05, 0.1) is 50.5 Å². The fourth-order valence-corrected chi connectivity index (χ4v) is 3.74. The molecule has 3 aromatic rings. The summed E-state index contributed by atoms with van der Waals surface area (Å²) in [4.78, 5) is 12.4. The van der Waals surface area contributed by atoms with Gasteiger partial charge in [-0.3, -0.25) is 8.51 Å². The maximum Gasteiger partial charge on any atom is 0.338 e. The molecule has 0 aromatic heterocycles. The number of methoxy groups -OCH3 is 3. The highest BCUT2D eigenvalue weighted by atomic mass is 32.2. The molecular weight excluding hydrogens is 478 g/mol. The largest absolute Gasteiger partial charge is 0.755 e. The lowest BCUT2D eigenvalue weighted by Gasteiger charge is -2.29. The molecule has 0 aliphatic rings. The Labute approximate surface area is 205 Å². The van der Waals surface area contributed by atoms with Crippen LogP contribution in [0.25, 0.3) is 0 Å². The molecule has 3 aromatic carbocycles. The third-order valence-electron chi connectivity index (χ3n) is 4.74. The molecule has 1 unspecified atom stereocenters. The van der Waals surface area contributed by atoms with Crippen LogP contribution in [0.5, 0.6) is 28.7 Å². The maximum atomic E-state index is 12.5. The van der Waals surface area contributed by atoms with Crippen LogP contribution in [0.2, 0.25) is 0 Å². The van der Waals surface area contributed by atoms with Crippen LogP contribution in [0.15, 0.2) is 60.7 Å². The van der Waals surface area contributed by atoms with Crippen LogP contribution >= 0.6 is 0 Å². The van der Waals surface area contributed by atoms with Crippen LogP contribution in [0, 0.1) is 0 Å². The van der Waals surface area contributed by atoms with E-state index in [0.717, 1.165) is 4.31 Å². The van der Waals surface area contributed by atoms with Gasteiger partial charge in [-0.05, 0) is 48.5 Å². The van der Waals surface area contributed by atoms with E-state index < -0.39 is 17.2 Å². The van der Waals surface area contributed by atoms with Crippen molar-refractivity contribution in [2.45, 2.75) is 0 Å². The van der Waals surface area contributed by atoms with Crippen molar-refractivity contribution in [3.05, 3.63) is 66.2 Å². The van der Waals surface area contributed by atoms with Gasteiger partial charge in [-0.1, -0.05) is 6.07 Å². The summed E-state index contributed by atoms with van der Waals surface area (Å²) in [7, 11) is 4.19. The van der Waals surface area contributed by atoms with Crippen molar-refractivity contribution in [3.63, 3.8) is 0 Å². The zero-order chi connectivity index (χ0) is 25.4. The molecule has 10 nitrogen and oxygen atoms in total. The minimum absolute atomic E-state index is 0.0115. The highest BCUT2D eigenvalue weighted by molar-refractivity contribution is 7.81. The van der Waals surface area contributed by atoms with Crippen LogP contribution in [-0.2, 0) is 16.0 Å². The molecule has 0 aliphatic carbocycles. The number of nitrogens with zero attached hydrogens (tertiary/aromatic N) is 1. The molecule has 0 spiro atoms. The van der Waals surface area contributed by atoms with E-state index in [1.165, 1.54) is 45.6 Å². The third kappa shape index (κ3) is 6.21. The Bertz CT molecular complexity index is 1180. The highest BCUT2D eigenvalue weighted by Crippen LogP contribution is 2.45. The molecule has 1 N–H and O–H groups in total. The Kier molecular flexibility index (Phi) is 8.90. The summed E-state index contributed by atoms with van der Waals surface area (Å²) >= 11 is -2.84. The predicted octanol–water partition coefficient (Wildman–Crippen LogP) is 3.59. The van der Waals surface area contributed by atoms with Gasteiger partial charge in [0, 0.05) is 6.07 Å². The highest BCUT2D eigenvalue weighted by Gasteiger charge is 2.25. The van der Waals surface area contributed by atoms with Gasteiger partial charge < -0.3 is 33.3 Å². The van der Waals surface area contributed by atoms with Crippen molar-refractivity contribution in [2.75, 3.05) is 38.8 Å². The first kappa shape index (κ1) is 25.8. The molecule has 0 aliphatic heterocycles. The quantitative estimate of drug-likeness (QED) is 0.309. The number of aliphatic hydroxyl groups is 1. The molecule has 0 saturated carbocycles. The lowest BCUT2D eigenvalue weighted by molar-refractivity contribution is 0.0600. The normalized spacial score (nSPS) is 11.3. The first-order valence-corrected chi connectivity index (χ1v) is 11.3. The Morgan fingerprint density at radius 2 is 1.66 bits per heavy atom. The standard InChI is InChI=1S/C24H25NO9S/c1-30-18-9-7-17(8-10-18)25(35(28)29)21-13-16(24(27)32-3)14-22(33-12-11-26)23(21)34-20-6-4-5-19(15-20)31-2/h4-10,13-15,26H,11-12H2,1-3H3,(H,28,29)/p-1. The van der Waals surface area contributed by atoms with Crippen LogP contribution in [0.3, 0.4) is 0 Å². The van der Waals surface area contributed by atoms with Gasteiger partial charge in [-0.25, -0.2) is 4.79 Å². The maximum absolute atomic E-state index is 12.5. The molecule has 0 radical (unpaired) electrons. The Balaban J connectivity index is 2.25. The van der Waals surface area contributed by atoms with Crippen molar-refractivity contribution in [1.82, 2.24) is 0 Å². The molecule has 35 heavy (non-hydrogen) atoms. The Hall–Kier alpha value is -3.80. The van der Waals surface area contributed by atoms with E-state index in [1.54, 1.807) is 36.4 Å². The van der Waals surface area contributed by atoms with Gasteiger partial charge in [0.25, 0.3) is 0 Å². The van der Waals surface area contributed by atoms with Gasteiger partial charge in [-0.15, -0.1) is 0 Å². The molecule has 0 bridgehead atoms. The van der Waals surface area contributed by atoms with Crippen molar-refractivity contribution in [3.8, 4) is 28.7 Å². The predicted molar refractivity (Wildman–Crippen MR) is 127 cm³/mol. The summed E-state index contributed by atoms with van der Waals surface area (Å²) in [5.41, 5.74) is 0.226. The van der Waals surface area contributed by atoms with Crippen molar-refractivity contribution < 1.29 is 42.3 Å². The molecule has 0 fully saturated rings. The van der Waals surface area contributed by atoms with E-state index in [4.69, 9.17) is 23.7 Å². The monoisotopic (exact) mass is 502 g/mol. The minimum atomic E-state index is -2.84. The van der Waals surface area contributed by atoms with E-state index in [2.05, 4.69) is 0 Å². The Morgan fingerprint density at radius 3 is 2.26 bits per heavy atom. The van der Waals surface area contributed by atoms with E-state index in [1.807, 2.05) is 0 Å². The molecule has 0 saturated heterocycles. The first-order valence-electron chi connectivity index (χ1n) is 10.3. The summed E-state index contributed by atoms with van der Waals surface area (Å²) in [6.45, 7) is -0.465. The molecule has 0 heterocycles. The number of carbonyl (C=O) groups excluding carboxylic acids is 1. The average Bonchev–Trinajstić information content (AvgIpc) is 2.88. The van der Waals surface area contributed by atoms with Crippen LogP contribution in [0.1, 0.15) is 10.4 Å². The van der Waals surface area contributed by atoms with Gasteiger partial charge in [0.15, 0.2) is 11.5 Å². The van der Waals surface area contributed by atoms with E-state index in [0.29, 0.717) is 17.2 Å². The number of hydrogen-bond donors (Lipinski definition) is 1. The van der Waals surface area contributed by atoms with Crippen LogP contribution in [0.4, 0.5) is 11.4 Å². The minimum Gasteiger partial charge on any atom is -0.755 e. The summed E-state index contributed by atoms with van der Waals surface area (Å²) in [5.74, 6) is 0.625. The van der Waals surface area contributed by atoms with Crippen molar-refractivity contribution >= 4 is 28.6 Å². The number of rotatable bonds is 11. The molecule has 1 atom stereocenters. The van der Waals surface area contributed by atoms with Gasteiger partial charge in [0.1, 0.15) is 29.5 Å². The van der Waals surface area contributed by atoms with Gasteiger partial charge in [-0.2, -0.15) is 0 Å². The second-order valence-electron chi connectivity index (χ2n) is 6.88. The fraction of sp³-hybridized carbons (Fsp3) is 0.208. The second kappa shape index (κ2) is 12.1. The smallest absolute Gasteiger partial charge is 0.338 e. The summed E-state index contributed by atoms with van der Waals surface area (Å²) in [6.07, 6.45) is 0.